The van der Waals surface area contributed by atoms with Crippen molar-refractivity contribution in [1.29, 1.82) is 0 Å². The molecule has 2 aromatic heterocycles. The largest absolute Gasteiger partial charge is 0.479 e. The van der Waals surface area contributed by atoms with Crippen LogP contribution < -0.4 is 31.6 Å². The number of amides is 7. The Morgan fingerprint density at radius 2 is 1.51 bits per heavy atom. The number of anilines is 1. The predicted molar refractivity (Wildman–Crippen MR) is 317 cm³/mol. The Balaban J connectivity index is 0.905. The number of halogens is 3. The number of pyridine rings is 2. The van der Waals surface area contributed by atoms with E-state index in [1.165, 1.54) is 34.6 Å². The van der Waals surface area contributed by atoms with E-state index >= 15 is 8.78 Å². The summed E-state index contributed by atoms with van der Waals surface area (Å²) in [6.07, 6.45) is -21.6. The fraction of sp³-hybridized carbons (Fsp3) is 0.467. The zero-order valence-corrected chi connectivity index (χ0v) is 51.7. The smallest absolute Gasteiger partial charge is 0.410 e. The predicted octanol–water partition coefficient (Wildman–Crippen LogP) is -2.09. The summed E-state index contributed by atoms with van der Waals surface area (Å²) < 4.78 is 58.8. The molecular formula is C60H65ClF2N8O25. The molecule has 2 fully saturated rings. The molecule has 7 amide bonds. The molecule has 5 aliphatic rings. The van der Waals surface area contributed by atoms with Crippen molar-refractivity contribution in [1.82, 2.24) is 35.3 Å². The van der Waals surface area contributed by atoms with Gasteiger partial charge in [0.25, 0.3) is 17.4 Å². The Morgan fingerprint density at radius 1 is 0.844 bits per heavy atom. The molecule has 0 saturated carbocycles. The van der Waals surface area contributed by atoms with Gasteiger partial charge in [-0.15, -0.1) is 0 Å². The molecule has 7 heterocycles. The number of carboxylic acid groups (broad SMARTS) is 2. The van der Waals surface area contributed by atoms with E-state index in [1.807, 2.05) is 0 Å². The zero-order valence-electron chi connectivity index (χ0n) is 50.9. The molecule has 2 aromatic carbocycles. The molecule has 13 N–H and O–H groups in total. The molecule has 33 nitrogen and oxygen atoms in total. The van der Waals surface area contributed by atoms with E-state index in [2.05, 4.69) is 26.3 Å². The van der Waals surface area contributed by atoms with Crippen molar-refractivity contribution < 1.29 is 126 Å². The summed E-state index contributed by atoms with van der Waals surface area (Å²) in [5.74, 6) is -13.1. The fourth-order valence-electron chi connectivity index (χ4n) is 11.4. The Kier molecular flexibility index (Phi) is 21.5. The molecule has 36 heteroatoms. The number of aliphatic carboxylic acids is 2. The lowest BCUT2D eigenvalue weighted by molar-refractivity contribution is -0.271. The maximum absolute atomic E-state index is 15.4. The Labute approximate surface area is 545 Å². The lowest BCUT2D eigenvalue weighted by Crippen LogP contribution is -2.64. The van der Waals surface area contributed by atoms with Gasteiger partial charge in [0.2, 0.25) is 29.9 Å². The number of carbonyl (C=O) groups is 10. The van der Waals surface area contributed by atoms with Crippen LogP contribution in [0.4, 0.5) is 19.3 Å². The Bertz CT molecular complexity index is 3910. The molecule has 4 aromatic rings. The summed E-state index contributed by atoms with van der Waals surface area (Å²) in [6, 6.07) is 3.72. The van der Waals surface area contributed by atoms with Crippen LogP contribution in [-0.2, 0) is 93.9 Å². The van der Waals surface area contributed by atoms with Crippen LogP contribution in [-0.4, -0.2) is 218 Å². The quantitative estimate of drug-likeness (QED) is 0.0179. The minimum Gasteiger partial charge on any atom is -0.479 e. The lowest BCUT2D eigenvalue weighted by Gasteiger charge is -2.38. The molecule has 12 atom stereocenters. The molecule has 2 saturated heterocycles. The minimum atomic E-state index is -2.19. The number of carboxylic acids is 2. The van der Waals surface area contributed by atoms with Gasteiger partial charge < -0.3 is 100 Å². The first-order valence-electron chi connectivity index (χ1n) is 29.8. The van der Waals surface area contributed by atoms with Gasteiger partial charge in [0.15, 0.2) is 35.7 Å². The maximum Gasteiger partial charge on any atom is 0.410 e. The minimum absolute atomic E-state index is 0.00183. The number of nitrogens with zero attached hydrogens (tertiary/aromatic N) is 4. The first-order valence-corrected chi connectivity index (χ1v) is 30.2. The van der Waals surface area contributed by atoms with Gasteiger partial charge in [-0.05, 0) is 68.9 Å². The lowest BCUT2D eigenvalue weighted by atomic mass is 9.86. The van der Waals surface area contributed by atoms with Gasteiger partial charge in [-0.25, -0.2) is 32.9 Å². The van der Waals surface area contributed by atoms with E-state index in [0.29, 0.717) is 10.5 Å². The third-order valence-corrected chi connectivity index (χ3v) is 17.0. The average Bonchev–Trinajstić information content (AvgIpc) is 1.37. The number of benzene rings is 2. The van der Waals surface area contributed by atoms with Crippen molar-refractivity contribution in [3.63, 3.8) is 0 Å². The SMILES string of the molecule is CC[C@@]1(O)C(=O)OCc2c1cc1n(c2=O)Cc2c-1nc1cc(F)c(F)c(Cl)c1c2CCN(C(=O)OCc1ccc(O[C@@H]2O[C@H](C(=O)O)[C@@H](O)[C@H](O)[C@H]2O)c(NC(=O)CCNC(=O)[C@H](CCCC(=O)N[C@@H]2O[C@H](C(=O)O)[C@@H](O)[C@H](O)[C@H]2O)NC(=O)CN2C(=O)C=CC2=O)c1)C(C)C. The number of imide groups is 1. The van der Waals surface area contributed by atoms with Crippen molar-refractivity contribution in [3.05, 3.63) is 97.3 Å². The number of fused-ring (bicyclic) bond motifs is 5. The summed E-state index contributed by atoms with van der Waals surface area (Å²) in [7, 11) is 0. The van der Waals surface area contributed by atoms with Gasteiger partial charge in [-0.2, -0.15) is 0 Å². The van der Waals surface area contributed by atoms with Gasteiger partial charge in [-0.3, -0.25) is 38.5 Å². The highest BCUT2D eigenvalue weighted by molar-refractivity contribution is 6.36. The van der Waals surface area contributed by atoms with Crippen LogP contribution in [0.2, 0.25) is 5.02 Å². The second kappa shape index (κ2) is 29.0. The van der Waals surface area contributed by atoms with Crippen LogP contribution >= 0.6 is 11.6 Å². The van der Waals surface area contributed by atoms with Crippen molar-refractivity contribution in [2.24, 2.45) is 0 Å². The highest BCUT2D eigenvalue weighted by atomic mass is 35.5. The first-order chi connectivity index (χ1) is 45.3. The number of ether oxygens (including phenoxy) is 5. The number of nitrogens with one attached hydrogen (secondary N) is 4. The van der Waals surface area contributed by atoms with Crippen LogP contribution in [0.1, 0.15) is 80.7 Å². The van der Waals surface area contributed by atoms with Gasteiger partial charge in [0.1, 0.15) is 68.2 Å². The highest BCUT2D eigenvalue weighted by Crippen LogP contribution is 2.43. The summed E-state index contributed by atoms with van der Waals surface area (Å²) in [5, 5.41) is 101. The van der Waals surface area contributed by atoms with Gasteiger partial charge in [-0.1, -0.05) is 24.6 Å². The van der Waals surface area contributed by atoms with E-state index in [9.17, 15) is 98.7 Å². The van der Waals surface area contributed by atoms with Crippen LogP contribution in [0.5, 0.6) is 5.75 Å². The summed E-state index contributed by atoms with van der Waals surface area (Å²) in [5.41, 5.74) is -2.31. The summed E-state index contributed by atoms with van der Waals surface area (Å²) in [6.45, 7) is 2.01. The molecule has 5 aliphatic heterocycles. The summed E-state index contributed by atoms with van der Waals surface area (Å²) in [4.78, 5) is 149. The summed E-state index contributed by atoms with van der Waals surface area (Å²) >= 11 is 6.52. The van der Waals surface area contributed by atoms with E-state index in [4.69, 9.17) is 35.3 Å². The number of aromatic nitrogens is 2. The van der Waals surface area contributed by atoms with Crippen molar-refractivity contribution in [3.8, 4) is 17.1 Å². The van der Waals surface area contributed by atoms with Crippen LogP contribution in [0.3, 0.4) is 0 Å². The third-order valence-electron chi connectivity index (χ3n) is 16.7. The fourth-order valence-corrected chi connectivity index (χ4v) is 11.7. The van der Waals surface area contributed by atoms with E-state index in [-0.39, 0.29) is 94.8 Å². The molecule has 0 unspecified atom stereocenters. The van der Waals surface area contributed by atoms with Gasteiger partial charge in [0.05, 0.1) is 39.7 Å². The number of aliphatic hydroxyl groups is 7. The molecule has 0 radical (unpaired) electrons. The molecule has 516 valence electrons. The number of carbonyl (C=O) groups excluding carboxylic acids is 8. The third kappa shape index (κ3) is 14.5. The molecular weight excluding hydrogens is 1310 g/mol. The number of aliphatic hydroxyl groups excluding tert-OH is 6. The molecule has 0 aliphatic carbocycles. The van der Waals surface area contributed by atoms with Crippen molar-refractivity contribution >= 4 is 87.6 Å². The Morgan fingerprint density at radius 3 is 2.17 bits per heavy atom. The number of cyclic esters (lactones) is 1. The van der Waals surface area contributed by atoms with E-state index < -0.39 is 200 Å². The second-order valence-electron chi connectivity index (χ2n) is 23.2. The van der Waals surface area contributed by atoms with Crippen LogP contribution in [0, 0.1) is 11.6 Å². The topological polar surface area (TPSA) is 488 Å². The van der Waals surface area contributed by atoms with Crippen molar-refractivity contribution in [2.45, 2.75) is 158 Å². The van der Waals surface area contributed by atoms with Gasteiger partial charge >= 0.3 is 24.0 Å². The monoisotopic (exact) mass is 1370 g/mol. The number of rotatable bonds is 24. The van der Waals surface area contributed by atoms with Crippen LogP contribution in [0.15, 0.2) is 47.3 Å². The van der Waals surface area contributed by atoms with E-state index in [1.54, 1.807) is 13.8 Å². The van der Waals surface area contributed by atoms with E-state index in [0.717, 1.165) is 24.3 Å². The maximum atomic E-state index is 15.4. The molecule has 0 bridgehead atoms. The second-order valence-corrected chi connectivity index (χ2v) is 23.6. The first kappa shape index (κ1) is 71.1. The molecule has 9 rings (SSSR count). The number of hydrogen-bond donors (Lipinski definition) is 13. The number of esters is 1. The number of hydrogen-bond acceptors (Lipinski definition) is 24. The molecule has 96 heavy (non-hydrogen) atoms. The average molecular weight is 1370 g/mol. The Hall–Kier alpha value is -9.17. The van der Waals surface area contributed by atoms with Gasteiger partial charge in [0, 0.05) is 66.7 Å². The standard InChI is InChI=1S/C60H65ClF2N8O25/c1-4-60(91)28-17-33-43-26(19-70(33)54(84)27(28)22-92-58(60)89)25(40-32(67-43)18-29(62)42(63)41(40)61)13-15-69(23(2)3)59(90)93-21-24-8-9-34(94-57-49(82)45(78)47(80)51(96-57)56(87)88)31(16-24)66-36(73)12-14-64-52(83)30(65-37(74)20-71-38(75)10-11-39(71)76)6-5-7-35(72)68-53-48(81)44(77)46(79)50(95-53)55(85)86/h8-11,16-18,23,30,44-51,53,57,77-82,91H,4-7,12-15,19-22H2,1-3H3,(H,64,83)(H,65,74)(H,66,73)(H,68,72)(H,85,86)(H,87,88)/t30-,44-,45-,46-,47-,48+,49+,50-,51-,53+,57+,60-/m0/s1. The highest BCUT2D eigenvalue weighted by Gasteiger charge is 2.50. The zero-order chi connectivity index (χ0) is 70.1. The van der Waals surface area contributed by atoms with Crippen molar-refractivity contribution in [2.75, 3.05) is 25.0 Å². The normalized spacial score (nSPS) is 24.5. The van der Waals surface area contributed by atoms with Crippen LogP contribution in [0.25, 0.3) is 22.3 Å². The molecule has 0 spiro atoms.